The van der Waals surface area contributed by atoms with Crippen molar-refractivity contribution in [3.63, 3.8) is 0 Å². The Morgan fingerprint density at radius 2 is 1.94 bits per heavy atom. The molecule has 0 saturated carbocycles. The third-order valence-electron chi connectivity index (χ3n) is 5.59. The number of amides is 1. The summed E-state index contributed by atoms with van der Waals surface area (Å²) in [6, 6.07) is 7.16. The number of benzene rings is 2. The van der Waals surface area contributed by atoms with Crippen LogP contribution < -0.4 is 9.47 Å². The second-order valence-corrected chi connectivity index (χ2v) is 9.73. The SMILES string of the molecule is CC(C)(C)OC(=O)c1cc(Oc2ccc(C(=O)N3CCC3)c(F)c2)c2c(c1)OC(C)(CO)C2. The molecular formula is C25H28FNO6. The van der Waals surface area contributed by atoms with Crippen LogP contribution in [0.15, 0.2) is 30.3 Å². The van der Waals surface area contributed by atoms with Gasteiger partial charge in [-0.2, -0.15) is 0 Å². The first kappa shape index (κ1) is 23.0. The number of likely N-dealkylation sites (tertiary alicyclic amines) is 1. The fraction of sp³-hybridized carbons (Fsp3) is 0.440. The number of carbonyl (C=O) groups is 2. The van der Waals surface area contributed by atoms with E-state index in [0.29, 0.717) is 36.6 Å². The van der Waals surface area contributed by atoms with Crippen molar-refractivity contribution in [2.24, 2.45) is 0 Å². The molecule has 2 aliphatic heterocycles. The zero-order chi connectivity index (χ0) is 24.0. The van der Waals surface area contributed by atoms with Gasteiger partial charge in [-0.15, -0.1) is 0 Å². The van der Waals surface area contributed by atoms with Crippen molar-refractivity contribution < 1.29 is 33.3 Å². The molecule has 2 aliphatic rings. The largest absolute Gasteiger partial charge is 0.484 e. The Morgan fingerprint density at radius 1 is 1.21 bits per heavy atom. The molecule has 33 heavy (non-hydrogen) atoms. The zero-order valence-corrected chi connectivity index (χ0v) is 19.2. The number of carbonyl (C=O) groups excluding carboxylic acids is 2. The zero-order valence-electron chi connectivity index (χ0n) is 19.2. The first-order valence-electron chi connectivity index (χ1n) is 10.9. The van der Waals surface area contributed by atoms with Gasteiger partial charge in [0.25, 0.3) is 5.91 Å². The number of hydrogen-bond acceptors (Lipinski definition) is 6. The van der Waals surface area contributed by atoms with Crippen LogP contribution in [0.4, 0.5) is 4.39 Å². The Kier molecular flexibility index (Phi) is 5.82. The molecule has 2 heterocycles. The van der Waals surface area contributed by atoms with Crippen LogP contribution in [0, 0.1) is 5.82 Å². The minimum absolute atomic E-state index is 0.00836. The molecule has 1 fully saturated rings. The average Bonchev–Trinajstić information content (AvgIpc) is 3.02. The molecule has 1 atom stereocenters. The van der Waals surface area contributed by atoms with Crippen LogP contribution in [0.1, 0.15) is 60.4 Å². The number of halogens is 1. The smallest absolute Gasteiger partial charge is 0.338 e. The third-order valence-corrected chi connectivity index (χ3v) is 5.59. The minimum atomic E-state index is -0.869. The summed E-state index contributed by atoms with van der Waals surface area (Å²) < 4.78 is 32.0. The Hall–Kier alpha value is -3.13. The summed E-state index contributed by atoms with van der Waals surface area (Å²) in [7, 11) is 0. The van der Waals surface area contributed by atoms with Crippen LogP contribution in [0.2, 0.25) is 0 Å². The summed E-state index contributed by atoms with van der Waals surface area (Å²) in [6.07, 6.45) is 1.26. The molecule has 2 aromatic carbocycles. The fourth-order valence-electron chi connectivity index (χ4n) is 3.74. The molecule has 0 bridgehead atoms. The third kappa shape index (κ3) is 4.80. The highest BCUT2D eigenvalue weighted by Gasteiger charge is 2.38. The van der Waals surface area contributed by atoms with E-state index in [1.807, 2.05) is 0 Å². The highest BCUT2D eigenvalue weighted by molar-refractivity contribution is 5.95. The van der Waals surface area contributed by atoms with E-state index in [1.54, 1.807) is 38.7 Å². The molecule has 7 nitrogen and oxygen atoms in total. The summed E-state index contributed by atoms with van der Waals surface area (Å²) >= 11 is 0. The number of nitrogens with zero attached hydrogens (tertiary/aromatic N) is 1. The van der Waals surface area contributed by atoms with Gasteiger partial charge in [-0.1, -0.05) is 0 Å². The molecule has 0 aliphatic carbocycles. The van der Waals surface area contributed by atoms with E-state index in [-0.39, 0.29) is 29.4 Å². The monoisotopic (exact) mass is 457 g/mol. The van der Waals surface area contributed by atoms with Crippen LogP contribution in [0.3, 0.4) is 0 Å². The summed E-state index contributed by atoms with van der Waals surface area (Å²) in [5.41, 5.74) is -0.706. The molecule has 0 aromatic heterocycles. The summed E-state index contributed by atoms with van der Waals surface area (Å²) in [4.78, 5) is 26.6. The van der Waals surface area contributed by atoms with Crippen molar-refractivity contribution in [1.82, 2.24) is 4.90 Å². The van der Waals surface area contributed by atoms with Gasteiger partial charge < -0.3 is 24.2 Å². The molecule has 0 spiro atoms. The van der Waals surface area contributed by atoms with Crippen molar-refractivity contribution in [2.45, 2.75) is 51.7 Å². The lowest BCUT2D eigenvalue weighted by atomic mass is 9.98. The lowest BCUT2D eigenvalue weighted by Gasteiger charge is -2.31. The number of aliphatic hydroxyl groups is 1. The highest BCUT2D eigenvalue weighted by atomic mass is 19.1. The first-order chi connectivity index (χ1) is 15.5. The minimum Gasteiger partial charge on any atom is -0.484 e. The average molecular weight is 457 g/mol. The quantitative estimate of drug-likeness (QED) is 0.681. The van der Waals surface area contributed by atoms with Crippen molar-refractivity contribution in [1.29, 1.82) is 0 Å². The maximum atomic E-state index is 14.7. The van der Waals surface area contributed by atoms with Gasteiger partial charge in [-0.25, -0.2) is 9.18 Å². The van der Waals surface area contributed by atoms with E-state index in [1.165, 1.54) is 18.2 Å². The van der Waals surface area contributed by atoms with E-state index in [4.69, 9.17) is 14.2 Å². The van der Waals surface area contributed by atoms with Gasteiger partial charge in [0.05, 0.1) is 17.7 Å². The normalized spacial score (nSPS) is 19.4. The number of rotatable bonds is 5. The topological polar surface area (TPSA) is 85.3 Å². The molecule has 0 radical (unpaired) electrons. The Bertz CT molecular complexity index is 1100. The van der Waals surface area contributed by atoms with Gasteiger partial charge in [-0.05, 0) is 58.4 Å². The molecule has 4 rings (SSSR count). The molecule has 1 unspecified atom stereocenters. The summed E-state index contributed by atoms with van der Waals surface area (Å²) in [5, 5.41) is 9.76. The van der Waals surface area contributed by atoms with Crippen LogP contribution >= 0.6 is 0 Å². The maximum absolute atomic E-state index is 14.7. The summed E-state index contributed by atoms with van der Waals surface area (Å²) in [5.74, 6) is -0.709. The van der Waals surface area contributed by atoms with Gasteiger partial charge in [0, 0.05) is 31.1 Å². The second kappa shape index (κ2) is 8.33. The van der Waals surface area contributed by atoms with E-state index in [0.717, 1.165) is 12.5 Å². The van der Waals surface area contributed by atoms with Gasteiger partial charge in [0.15, 0.2) is 0 Å². The number of hydrogen-bond donors (Lipinski definition) is 1. The molecule has 1 saturated heterocycles. The lowest BCUT2D eigenvalue weighted by Crippen LogP contribution is -2.42. The van der Waals surface area contributed by atoms with E-state index in [2.05, 4.69) is 0 Å². The van der Waals surface area contributed by atoms with Gasteiger partial charge >= 0.3 is 5.97 Å². The van der Waals surface area contributed by atoms with Crippen molar-refractivity contribution in [3.8, 4) is 17.2 Å². The predicted octanol–water partition coefficient (Wildman–Crippen LogP) is 4.11. The van der Waals surface area contributed by atoms with Crippen molar-refractivity contribution >= 4 is 11.9 Å². The number of esters is 1. The van der Waals surface area contributed by atoms with E-state index < -0.39 is 23.0 Å². The second-order valence-electron chi connectivity index (χ2n) is 9.73. The van der Waals surface area contributed by atoms with Crippen LogP contribution in [0.5, 0.6) is 17.2 Å². The van der Waals surface area contributed by atoms with Crippen LogP contribution in [0.25, 0.3) is 0 Å². The molecular weight excluding hydrogens is 429 g/mol. The fourth-order valence-corrected chi connectivity index (χ4v) is 3.74. The van der Waals surface area contributed by atoms with Crippen molar-refractivity contribution in [2.75, 3.05) is 19.7 Å². The van der Waals surface area contributed by atoms with Gasteiger partial charge in [-0.3, -0.25) is 4.79 Å². The Balaban J connectivity index is 1.66. The number of aliphatic hydroxyl groups excluding tert-OH is 1. The summed E-state index contributed by atoms with van der Waals surface area (Å²) in [6.45, 7) is 8.07. The Morgan fingerprint density at radius 3 is 2.52 bits per heavy atom. The molecule has 1 amide bonds. The van der Waals surface area contributed by atoms with Crippen molar-refractivity contribution in [3.05, 3.63) is 52.8 Å². The molecule has 8 heteroatoms. The molecule has 176 valence electrons. The van der Waals surface area contributed by atoms with Gasteiger partial charge in [0.2, 0.25) is 0 Å². The van der Waals surface area contributed by atoms with Gasteiger partial charge in [0.1, 0.15) is 34.3 Å². The standard InChI is InChI=1S/C25H28FNO6/c1-24(2,3)33-23(30)15-10-20(18-13-25(4,14-28)32-21(18)11-15)31-16-6-7-17(19(26)12-16)22(29)27-8-5-9-27/h6-7,10-12,28H,5,8-9,13-14H2,1-4H3. The number of ether oxygens (including phenoxy) is 3. The Labute approximate surface area is 192 Å². The number of fused-ring (bicyclic) bond motifs is 1. The first-order valence-corrected chi connectivity index (χ1v) is 10.9. The predicted molar refractivity (Wildman–Crippen MR) is 118 cm³/mol. The maximum Gasteiger partial charge on any atom is 0.338 e. The molecule has 1 N–H and O–H groups in total. The van der Waals surface area contributed by atoms with Crippen LogP contribution in [-0.4, -0.2) is 52.8 Å². The van der Waals surface area contributed by atoms with Crippen LogP contribution in [-0.2, 0) is 11.2 Å². The lowest BCUT2D eigenvalue weighted by molar-refractivity contribution is 0.00675. The van der Waals surface area contributed by atoms with E-state index >= 15 is 0 Å². The highest BCUT2D eigenvalue weighted by Crippen LogP contribution is 2.43. The molecule has 2 aromatic rings. The van der Waals surface area contributed by atoms with E-state index in [9.17, 15) is 19.1 Å².